The lowest BCUT2D eigenvalue weighted by Gasteiger charge is -2.01. The molecule has 0 aliphatic heterocycles. The Labute approximate surface area is 50.4 Å². The fraction of sp³-hybridized carbons (Fsp3) is 0.667. The molecule has 48 valence electrons. The van der Waals surface area contributed by atoms with Gasteiger partial charge < -0.3 is 5.21 Å². The number of rotatable bonds is 2. The van der Waals surface area contributed by atoms with Crippen molar-refractivity contribution in [1.29, 1.82) is 0 Å². The van der Waals surface area contributed by atoms with E-state index in [9.17, 15) is 0 Å². The minimum absolute atomic E-state index is 0.613. The number of nitrogens with zero attached hydrogens (tertiary/aromatic N) is 1. The van der Waals surface area contributed by atoms with Crippen molar-refractivity contribution in [2.24, 2.45) is 0 Å². The molecule has 0 aromatic heterocycles. The molecule has 0 aliphatic rings. The predicted molar refractivity (Wildman–Crippen MR) is 33.8 cm³/mol. The minimum Gasteiger partial charge on any atom is -0.314 e. The van der Waals surface area contributed by atoms with Gasteiger partial charge in [-0.2, -0.15) is 5.06 Å². The molecule has 0 saturated heterocycles. The Bertz CT molecular complexity index is 82.5. The van der Waals surface area contributed by atoms with Crippen LogP contribution in [-0.2, 0) is 0 Å². The molecule has 0 aromatic carbocycles. The van der Waals surface area contributed by atoms with E-state index in [4.69, 9.17) is 5.21 Å². The van der Waals surface area contributed by atoms with Crippen LogP contribution in [0.1, 0.15) is 13.8 Å². The van der Waals surface area contributed by atoms with Crippen molar-refractivity contribution < 1.29 is 5.21 Å². The van der Waals surface area contributed by atoms with Crippen LogP contribution in [0.2, 0.25) is 0 Å². The lowest BCUT2D eigenvalue weighted by molar-refractivity contribution is -0.0535. The molecule has 1 N–H and O–H groups in total. The third-order valence-electron chi connectivity index (χ3n) is 0.764. The minimum atomic E-state index is 0.613. The van der Waals surface area contributed by atoms with Gasteiger partial charge in [-0.1, -0.05) is 11.6 Å². The molecule has 0 aromatic rings. The van der Waals surface area contributed by atoms with Crippen molar-refractivity contribution in [3.05, 3.63) is 11.6 Å². The molecule has 0 saturated carbocycles. The zero-order valence-electron chi connectivity index (χ0n) is 5.68. The second-order valence-corrected chi connectivity index (χ2v) is 2.12. The van der Waals surface area contributed by atoms with Crippen molar-refractivity contribution >= 4 is 0 Å². The van der Waals surface area contributed by atoms with Gasteiger partial charge >= 0.3 is 0 Å². The van der Waals surface area contributed by atoms with Gasteiger partial charge in [-0.25, -0.2) is 0 Å². The summed E-state index contributed by atoms with van der Waals surface area (Å²) in [5, 5.41) is 9.74. The lowest BCUT2D eigenvalue weighted by Crippen LogP contribution is -2.11. The fourth-order valence-electron chi connectivity index (χ4n) is 0.315. The first kappa shape index (κ1) is 7.66. The maximum atomic E-state index is 8.59. The normalized spacial score (nSPS) is 9.62. The third kappa shape index (κ3) is 5.66. The Morgan fingerprint density at radius 3 is 2.25 bits per heavy atom. The van der Waals surface area contributed by atoms with Gasteiger partial charge in [0.1, 0.15) is 0 Å². The van der Waals surface area contributed by atoms with Crippen LogP contribution in [0.15, 0.2) is 11.6 Å². The first-order chi connectivity index (χ1) is 3.63. The van der Waals surface area contributed by atoms with Crippen LogP contribution < -0.4 is 0 Å². The largest absolute Gasteiger partial charge is 0.314 e. The van der Waals surface area contributed by atoms with Gasteiger partial charge in [0.2, 0.25) is 0 Å². The van der Waals surface area contributed by atoms with Crippen LogP contribution >= 0.6 is 0 Å². The number of allylic oxidation sites excluding steroid dienone is 1. The second kappa shape index (κ2) is 3.64. The van der Waals surface area contributed by atoms with E-state index in [1.807, 2.05) is 19.9 Å². The maximum absolute atomic E-state index is 8.59. The molecule has 0 rings (SSSR count). The molecule has 0 aliphatic carbocycles. The zero-order valence-corrected chi connectivity index (χ0v) is 5.68. The molecule has 0 spiro atoms. The molecular weight excluding hydrogens is 102 g/mol. The van der Waals surface area contributed by atoms with Gasteiger partial charge in [-0.15, -0.1) is 0 Å². The predicted octanol–water partition coefficient (Wildman–Crippen LogP) is 1.27. The van der Waals surface area contributed by atoms with E-state index in [-0.39, 0.29) is 0 Å². The second-order valence-electron chi connectivity index (χ2n) is 2.12. The number of hydroxylamine groups is 2. The summed E-state index contributed by atoms with van der Waals surface area (Å²) in [6, 6.07) is 0. The Hall–Kier alpha value is -0.340. The summed E-state index contributed by atoms with van der Waals surface area (Å²) in [6.45, 7) is 4.62. The molecule has 0 fully saturated rings. The van der Waals surface area contributed by atoms with E-state index < -0.39 is 0 Å². The summed E-state index contributed by atoms with van der Waals surface area (Å²) < 4.78 is 0. The first-order valence-corrected chi connectivity index (χ1v) is 2.66. The third-order valence-corrected chi connectivity index (χ3v) is 0.764. The highest BCUT2D eigenvalue weighted by atomic mass is 16.5. The van der Waals surface area contributed by atoms with Crippen LogP contribution in [0.25, 0.3) is 0 Å². The SMILES string of the molecule is CC(C)=CCN(C)O. The first-order valence-electron chi connectivity index (χ1n) is 2.66. The quantitative estimate of drug-likeness (QED) is 0.433. The Morgan fingerprint density at radius 1 is 1.62 bits per heavy atom. The van der Waals surface area contributed by atoms with Gasteiger partial charge in [0.15, 0.2) is 0 Å². The molecule has 0 amide bonds. The van der Waals surface area contributed by atoms with Crippen molar-refractivity contribution in [2.75, 3.05) is 13.6 Å². The van der Waals surface area contributed by atoms with E-state index in [1.165, 1.54) is 5.57 Å². The fourth-order valence-corrected chi connectivity index (χ4v) is 0.315. The monoisotopic (exact) mass is 115 g/mol. The molecule has 2 heteroatoms. The van der Waals surface area contributed by atoms with E-state index in [1.54, 1.807) is 7.05 Å². The average molecular weight is 115 g/mol. The Kier molecular flexibility index (Phi) is 3.48. The summed E-state index contributed by atoms with van der Waals surface area (Å²) >= 11 is 0. The molecule has 0 unspecified atom stereocenters. The molecule has 0 bridgehead atoms. The highest BCUT2D eigenvalue weighted by Gasteiger charge is 1.83. The van der Waals surface area contributed by atoms with E-state index in [0.29, 0.717) is 6.54 Å². The van der Waals surface area contributed by atoms with Crippen LogP contribution in [0.3, 0.4) is 0 Å². The van der Waals surface area contributed by atoms with Crippen molar-refractivity contribution in [1.82, 2.24) is 5.06 Å². The molecule has 2 nitrogen and oxygen atoms in total. The summed E-state index contributed by atoms with van der Waals surface area (Å²) in [5.74, 6) is 0. The van der Waals surface area contributed by atoms with Crippen molar-refractivity contribution in [3.8, 4) is 0 Å². The zero-order chi connectivity index (χ0) is 6.57. The standard InChI is InChI=1S/C6H13NO/c1-6(2)4-5-7(3)8/h4,8H,5H2,1-3H3. The van der Waals surface area contributed by atoms with Crippen LogP contribution in [0, 0.1) is 0 Å². The van der Waals surface area contributed by atoms with Crippen molar-refractivity contribution in [3.63, 3.8) is 0 Å². The van der Waals surface area contributed by atoms with Gasteiger partial charge in [0.05, 0.1) is 0 Å². The van der Waals surface area contributed by atoms with Gasteiger partial charge in [-0.3, -0.25) is 0 Å². The maximum Gasteiger partial charge on any atom is 0.0418 e. The Balaban J connectivity index is 3.29. The van der Waals surface area contributed by atoms with Gasteiger partial charge in [0.25, 0.3) is 0 Å². The molecule has 0 atom stereocenters. The summed E-state index contributed by atoms with van der Waals surface area (Å²) in [4.78, 5) is 0. The summed E-state index contributed by atoms with van der Waals surface area (Å²) in [7, 11) is 1.62. The van der Waals surface area contributed by atoms with Crippen LogP contribution in [-0.4, -0.2) is 23.9 Å². The highest BCUT2D eigenvalue weighted by Crippen LogP contribution is 1.87. The van der Waals surface area contributed by atoms with Gasteiger partial charge in [-0.05, 0) is 13.8 Å². The lowest BCUT2D eigenvalue weighted by atomic mass is 10.3. The number of hydrogen-bond acceptors (Lipinski definition) is 2. The average Bonchev–Trinajstić information content (AvgIpc) is 1.61. The number of hydrogen-bond donors (Lipinski definition) is 1. The molecule has 0 radical (unpaired) electrons. The van der Waals surface area contributed by atoms with Crippen LogP contribution in [0.5, 0.6) is 0 Å². The highest BCUT2D eigenvalue weighted by molar-refractivity contribution is 4.93. The molecule has 0 heterocycles. The van der Waals surface area contributed by atoms with E-state index in [0.717, 1.165) is 5.06 Å². The molecule has 8 heavy (non-hydrogen) atoms. The number of likely N-dealkylation sites (N-methyl/N-ethyl adjacent to an activating group) is 1. The topological polar surface area (TPSA) is 23.5 Å². The summed E-state index contributed by atoms with van der Waals surface area (Å²) in [5.41, 5.74) is 1.23. The van der Waals surface area contributed by atoms with Crippen molar-refractivity contribution in [2.45, 2.75) is 13.8 Å². The van der Waals surface area contributed by atoms with Gasteiger partial charge in [0, 0.05) is 13.6 Å². The van der Waals surface area contributed by atoms with Crippen LogP contribution in [0.4, 0.5) is 0 Å². The van der Waals surface area contributed by atoms with E-state index >= 15 is 0 Å². The summed E-state index contributed by atoms with van der Waals surface area (Å²) in [6.07, 6.45) is 1.96. The smallest absolute Gasteiger partial charge is 0.0418 e. The van der Waals surface area contributed by atoms with E-state index in [2.05, 4.69) is 0 Å². The molecular formula is C6H13NO. The Morgan fingerprint density at radius 2 is 2.12 bits per heavy atom.